The van der Waals surface area contributed by atoms with E-state index in [-0.39, 0.29) is 12.5 Å². The van der Waals surface area contributed by atoms with Gasteiger partial charge in [0.1, 0.15) is 6.04 Å². The van der Waals surface area contributed by atoms with Crippen LogP contribution in [0.4, 0.5) is 13.2 Å². The van der Waals surface area contributed by atoms with Gasteiger partial charge in [-0.25, -0.2) is 0 Å². The minimum atomic E-state index is -4.17. The maximum Gasteiger partial charge on any atom is 0.404 e. The summed E-state index contributed by atoms with van der Waals surface area (Å²) in [6.07, 6.45) is -4.06. The van der Waals surface area contributed by atoms with Crippen LogP contribution in [-0.2, 0) is 6.54 Å². The van der Waals surface area contributed by atoms with Crippen molar-refractivity contribution >= 4 is 0 Å². The molecular formula is C14H19F3N2. The lowest BCUT2D eigenvalue weighted by atomic mass is 10.1. The summed E-state index contributed by atoms with van der Waals surface area (Å²) in [6.45, 7) is 3.20. The standard InChI is InChI=1S/C14H19F3N2/c1-11-9-18-8-7-13(14(15,16)17)19(11)10-12-5-3-2-4-6-12/h2-6,11,13,18H,7-10H2,1H3. The summed E-state index contributed by atoms with van der Waals surface area (Å²) in [5, 5.41) is 3.07. The van der Waals surface area contributed by atoms with Gasteiger partial charge in [0.25, 0.3) is 0 Å². The second kappa shape index (κ2) is 5.92. The third-order valence-electron chi connectivity index (χ3n) is 3.59. The van der Waals surface area contributed by atoms with Gasteiger partial charge in [-0.2, -0.15) is 13.2 Å². The van der Waals surface area contributed by atoms with Gasteiger partial charge in [0.2, 0.25) is 0 Å². The molecule has 106 valence electrons. The fourth-order valence-corrected chi connectivity index (χ4v) is 2.55. The lowest BCUT2D eigenvalue weighted by Gasteiger charge is -2.35. The molecule has 1 aromatic carbocycles. The van der Waals surface area contributed by atoms with Gasteiger partial charge >= 0.3 is 6.18 Å². The van der Waals surface area contributed by atoms with Crippen molar-refractivity contribution in [2.75, 3.05) is 13.1 Å². The summed E-state index contributed by atoms with van der Waals surface area (Å²) >= 11 is 0. The van der Waals surface area contributed by atoms with E-state index in [1.54, 1.807) is 4.90 Å². The second-order valence-corrected chi connectivity index (χ2v) is 5.06. The maximum atomic E-state index is 13.2. The Labute approximate surface area is 111 Å². The fourth-order valence-electron chi connectivity index (χ4n) is 2.55. The van der Waals surface area contributed by atoms with Gasteiger partial charge in [0.15, 0.2) is 0 Å². The van der Waals surface area contributed by atoms with Crippen LogP contribution in [0.15, 0.2) is 30.3 Å². The highest BCUT2D eigenvalue weighted by Gasteiger charge is 2.45. The van der Waals surface area contributed by atoms with Gasteiger partial charge in [-0.3, -0.25) is 4.90 Å². The SMILES string of the molecule is CC1CNCCC(C(F)(F)F)N1Cc1ccccc1. The van der Waals surface area contributed by atoms with E-state index in [4.69, 9.17) is 0 Å². The minimum absolute atomic E-state index is 0.112. The maximum absolute atomic E-state index is 13.2. The Kier molecular flexibility index (Phi) is 4.47. The number of nitrogens with zero attached hydrogens (tertiary/aromatic N) is 1. The number of rotatable bonds is 2. The molecule has 0 aromatic heterocycles. The van der Waals surface area contributed by atoms with Crippen molar-refractivity contribution in [2.24, 2.45) is 0 Å². The van der Waals surface area contributed by atoms with Crippen LogP contribution < -0.4 is 5.32 Å². The Morgan fingerprint density at radius 3 is 2.58 bits per heavy atom. The molecule has 1 saturated heterocycles. The van der Waals surface area contributed by atoms with E-state index in [0.717, 1.165) is 5.56 Å². The van der Waals surface area contributed by atoms with E-state index in [9.17, 15) is 13.2 Å². The first-order chi connectivity index (χ1) is 8.98. The van der Waals surface area contributed by atoms with Gasteiger partial charge in [0, 0.05) is 19.1 Å². The average molecular weight is 272 g/mol. The van der Waals surface area contributed by atoms with Crippen LogP contribution >= 0.6 is 0 Å². The molecule has 2 nitrogen and oxygen atoms in total. The van der Waals surface area contributed by atoms with E-state index in [1.807, 2.05) is 37.3 Å². The Balaban J connectivity index is 2.20. The molecule has 0 bridgehead atoms. The Morgan fingerprint density at radius 2 is 1.95 bits per heavy atom. The molecule has 2 unspecified atom stereocenters. The predicted molar refractivity (Wildman–Crippen MR) is 68.8 cm³/mol. The summed E-state index contributed by atoms with van der Waals surface area (Å²) in [7, 11) is 0. The van der Waals surface area contributed by atoms with Gasteiger partial charge < -0.3 is 5.32 Å². The molecule has 2 rings (SSSR count). The zero-order chi connectivity index (χ0) is 13.9. The van der Waals surface area contributed by atoms with Crippen molar-refractivity contribution in [3.63, 3.8) is 0 Å². The lowest BCUT2D eigenvalue weighted by Crippen LogP contribution is -2.49. The molecular weight excluding hydrogens is 253 g/mol. The largest absolute Gasteiger partial charge is 0.404 e. The van der Waals surface area contributed by atoms with Gasteiger partial charge in [0.05, 0.1) is 0 Å². The molecule has 1 aliphatic rings. The second-order valence-electron chi connectivity index (χ2n) is 5.06. The van der Waals surface area contributed by atoms with Crippen LogP contribution in [0.3, 0.4) is 0 Å². The number of benzene rings is 1. The molecule has 1 heterocycles. The summed E-state index contributed by atoms with van der Waals surface area (Å²) in [6, 6.07) is 7.85. The number of hydrogen-bond acceptors (Lipinski definition) is 2. The lowest BCUT2D eigenvalue weighted by molar-refractivity contribution is -0.189. The highest BCUT2D eigenvalue weighted by atomic mass is 19.4. The van der Waals surface area contributed by atoms with Crippen molar-refractivity contribution in [1.29, 1.82) is 0 Å². The average Bonchev–Trinajstić information content (AvgIpc) is 2.53. The zero-order valence-electron chi connectivity index (χ0n) is 11.0. The fraction of sp³-hybridized carbons (Fsp3) is 0.571. The van der Waals surface area contributed by atoms with Crippen molar-refractivity contribution in [2.45, 2.75) is 38.1 Å². The summed E-state index contributed by atoms with van der Waals surface area (Å²) in [4.78, 5) is 1.56. The monoisotopic (exact) mass is 272 g/mol. The van der Waals surface area contributed by atoms with Crippen molar-refractivity contribution in [3.05, 3.63) is 35.9 Å². The third-order valence-corrected chi connectivity index (χ3v) is 3.59. The topological polar surface area (TPSA) is 15.3 Å². The van der Waals surface area contributed by atoms with Crippen molar-refractivity contribution in [1.82, 2.24) is 10.2 Å². The molecule has 1 N–H and O–H groups in total. The minimum Gasteiger partial charge on any atom is -0.315 e. The molecule has 2 atom stereocenters. The highest BCUT2D eigenvalue weighted by molar-refractivity contribution is 5.15. The summed E-state index contributed by atoms with van der Waals surface area (Å²) < 4.78 is 39.5. The van der Waals surface area contributed by atoms with Gasteiger partial charge in [-0.15, -0.1) is 0 Å². The van der Waals surface area contributed by atoms with Gasteiger partial charge in [-0.05, 0) is 25.5 Å². The van der Waals surface area contributed by atoms with Crippen LogP contribution in [0, 0.1) is 0 Å². The first-order valence-corrected chi connectivity index (χ1v) is 6.55. The van der Waals surface area contributed by atoms with E-state index < -0.39 is 12.2 Å². The Bertz CT molecular complexity index is 391. The van der Waals surface area contributed by atoms with Crippen molar-refractivity contribution < 1.29 is 13.2 Å². The van der Waals surface area contributed by atoms with E-state index >= 15 is 0 Å². The van der Waals surface area contributed by atoms with Gasteiger partial charge in [-0.1, -0.05) is 30.3 Å². The van der Waals surface area contributed by atoms with E-state index in [2.05, 4.69) is 5.32 Å². The van der Waals surface area contributed by atoms with E-state index in [0.29, 0.717) is 19.6 Å². The molecule has 0 spiro atoms. The number of halogens is 3. The number of alkyl halides is 3. The molecule has 5 heteroatoms. The molecule has 0 saturated carbocycles. The van der Waals surface area contributed by atoms with Crippen LogP contribution in [0.2, 0.25) is 0 Å². The van der Waals surface area contributed by atoms with E-state index in [1.165, 1.54) is 0 Å². The zero-order valence-corrected chi connectivity index (χ0v) is 11.0. The number of hydrogen-bond donors (Lipinski definition) is 1. The molecule has 1 fully saturated rings. The Morgan fingerprint density at radius 1 is 1.26 bits per heavy atom. The first-order valence-electron chi connectivity index (χ1n) is 6.55. The molecule has 1 aliphatic heterocycles. The normalized spacial score (nSPS) is 26.1. The molecule has 0 aliphatic carbocycles. The summed E-state index contributed by atoms with van der Waals surface area (Å²) in [5.74, 6) is 0. The molecule has 0 amide bonds. The molecule has 0 radical (unpaired) electrons. The highest BCUT2D eigenvalue weighted by Crippen LogP contribution is 2.30. The van der Waals surface area contributed by atoms with Crippen LogP contribution in [-0.4, -0.2) is 36.2 Å². The van der Waals surface area contributed by atoms with Crippen LogP contribution in [0.25, 0.3) is 0 Å². The van der Waals surface area contributed by atoms with Crippen LogP contribution in [0.5, 0.6) is 0 Å². The number of nitrogens with one attached hydrogen (secondary N) is 1. The predicted octanol–water partition coefficient (Wildman–Crippen LogP) is 2.80. The van der Waals surface area contributed by atoms with Crippen molar-refractivity contribution in [3.8, 4) is 0 Å². The first kappa shape index (κ1) is 14.3. The third kappa shape index (κ3) is 3.70. The summed E-state index contributed by atoms with van der Waals surface area (Å²) in [5.41, 5.74) is 0.922. The smallest absolute Gasteiger partial charge is 0.315 e. The molecule has 1 aromatic rings. The van der Waals surface area contributed by atoms with Crippen LogP contribution in [0.1, 0.15) is 18.9 Å². The Hall–Kier alpha value is -1.07. The molecule has 19 heavy (non-hydrogen) atoms. The quantitative estimate of drug-likeness (QED) is 0.890.